The molecule has 0 atom stereocenters. The van der Waals surface area contributed by atoms with Gasteiger partial charge in [-0.2, -0.15) is 0 Å². The molecule has 1 heterocycles. The Morgan fingerprint density at radius 1 is 0.947 bits per heavy atom. The van der Waals surface area contributed by atoms with Gasteiger partial charge in [0, 0.05) is 6.61 Å². The smallest absolute Gasteiger partial charge is 0.400 e. The van der Waals surface area contributed by atoms with E-state index in [0.717, 1.165) is 13.0 Å². The van der Waals surface area contributed by atoms with Crippen LogP contribution in [0.4, 0.5) is 0 Å². The van der Waals surface area contributed by atoms with Crippen LogP contribution in [0.3, 0.4) is 0 Å². The average molecular weight is 270 g/mol. The molecule has 5 heteroatoms. The SMILES string of the molecule is CCCOCCOC/C=C/B1OC(C)(C)C(C)(C)O1. The molecule has 0 spiro atoms. The van der Waals surface area contributed by atoms with Crippen molar-refractivity contribution in [2.75, 3.05) is 26.4 Å². The maximum Gasteiger partial charge on any atom is 0.486 e. The van der Waals surface area contributed by atoms with E-state index in [9.17, 15) is 0 Å². The monoisotopic (exact) mass is 270 g/mol. The Balaban J connectivity index is 2.14. The highest BCUT2D eigenvalue weighted by atomic mass is 16.7. The maximum absolute atomic E-state index is 5.83. The molecule has 0 N–H and O–H groups in total. The molecule has 110 valence electrons. The van der Waals surface area contributed by atoms with Crippen molar-refractivity contribution in [2.45, 2.75) is 52.2 Å². The van der Waals surface area contributed by atoms with Crippen molar-refractivity contribution in [2.24, 2.45) is 0 Å². The molecule has 1 aliphatic heterocycles. The topological polar surface area (TPSA) is 36.9 Å². The summed E-state index contributed by atoms with van der Waals surface area (Å²) >= 11 is 0. The van der Waals surface area contributed by atoms with Crippen molar-refractivity contribution in [3.8, 4) is 0 Å². The maximum atomic E-state index is 5.83. The van der Waals surface area contributed by atoms with Crippen LogP contribution in [-0.2, 0) is 18.8 Å². The van der Waals surface area contributed by atoms with Gasteiger partial charge in [0.25, 0.3) is 0 Å². The summed E-state index contributed by atoms with van der Waals surface area (Å²) in [7, 11) is -0.287. The standard InChI is InChI=1S/C14H27BO4/c1-6-9-16-11-12-17-10-7-8-15-18-13(2,3)14(4,5)19-15/h7-8H,6,9-12H2,1-5H3/b8-7+. The van der Waals surface area contributed by atoms with E-state index >= 15 is 0 Å². The lowest BCUT2D eigenvalue weighted by atomic mass is 9.90. The van der Waals surface area contributed by atoms with E-state index in [0.29, 0.717) is 19.8 Å². The summed E-state index contributed by atoms with van der Waals surface area (Å²) in [5.74, 6) is 1.91. The summed E-state index contributed by atoms with van der Waals surface area (Å²) in [5.41, 5.74) is -0.562. The van der Waals surface area contributed by atoms with E-state index in [1.54, 1.807) is 0 Å². The first-order valence-electron chi connectivity index (χ1n) is 7.07. The summed E-state index contributed by atoms with van der Waals surface area (Å²) in [6.07, 6.45) is 2.98. The van der Waals surface area contributed by atoms with Crippen LogP contribution in [-0.4, -0.2) is 44.7 Å². The number of hydrogen-bond donors (Lipinski definition) is 0. The van der Waals surface area contributed by atoms with Gasteiger partial charge in [0.05, 0.1) is 31.0 Å². The molecule has 0 aliphatic carbocycles. The first-order valence-corrected chi connectivity index (χ1v) is 7.07. The molecule has 1 fully saturated rings. The third-order valence-electron chi connectivity index (χ3n) is 3.50. The average Bonchev–Trinajstić information content (AvgIpc) is 2.51. The minimum atomic E-state index is -0.287. The highest BCUT2D eigenvalue weighted by Gasteiger charge is 2.49. The zero-order valence-electron chi connectivity index (χ0n) is 12.9. The van der Waals surface area contributed by atoms with Crippen molar-refractivity contribution < 1.29 is 18.8 Å². The molecule has 1 saturated heterocycles. The molecule has 19 heavy (non-hydrogen) atoms. The first-order chi connectivity index (χ1) is 8.89. The summed E-state index contributed by atoms with van der Waals surface area (Å²) in [6, 6.07) is 0. The van der Waals surface area contributed by atoms with Crippen LogP contribution < -0.4 is 0 Å². The minimum Gasteiger partial charge on any atom is -0.400 e. The highest BCUT2D eigenvalue weighted by molar-refractivity contribution is 6.51. The number of rotatable bonds is 8. The fourth-order valence-corrected chi connectivity index (χ4v) is 1.65. The normalized spacial score (nSPS) is 21.4. The molecule has 0 saturated carbocycles. The summed E-state index contributed by atoms with van der Waals surface area (Å²) < 4.78 is 22.4. The van der Waals surface area contributed by atoms with Crippen molar-refractivity contribution in [1.29, 1.82) is 0 Å². The van der Waals surface area contributed by atoms with E-state index in [4.69, 9.17) is 18.8 Å². The fourth-order valence-electron chi connectivity index (χ4n) is 1.65. The molecule has 0 amide bonds. The Morgan fingerprint density at radius 3 is 2.11 bits per heavy atom. The van der Waals surface area contributed by atoms with Gasteiger partial charge in [-0.25, -0.2) is 0 Å². The molecule has 0 unspecified atom stereocenters. The Hall–Kier alpha value is -0.355. The third kappa shape index (κ3) is 5.26. The van der Waals surface area contributed by atoms with E-state index in [2.05, 4.69) is 6.92 Å². The van der Waals surface area contributed by atoms with Crippen LogP contribution in [0.2, 0.25) is 0 Å². The van der Waals surface area contributed by atoms with Crippen LogP contribution in [0.5, 0.6) is 0 Å². The van der Waals surface area contributed by atoms with E-state index in [-0.39, 0.29) is 18.3 Å². The molecule has 0 bridgehead atoms. The van der Waals surface area contributed by atoms with Crippen LogP contribution in [0.15, 0.2) is 12.1 Å². The summed E-state index contributed by atoms with van der Waals surface area (Å²) in [4.78, 5) is 0. The van der Waals surface area contributed by atoms with Crippen LogP contribution in [0.1, 0.15) is 41.0 Å². The van der Waals surface area contributed by atoms with Crippen molar-refractivity contribution in [1.82, 2.24) is 0 Å². The molecular weight excluding hydrogens is 243 g/mol. The van der Waals surface area contributed by atoms with Gasteiger partial charge in [-0.15, -0.1) is 0 Å². The van der Waals surface area contributed by atoms with Crippen LogP contribution >= 0.6 is 0 Å². The Morgan fingerprint density at radius 2 is 1.53 bits per heavy atom. The van der Waals surface area contributed by atoms with Crippen LogP contribution in [0.25, 0.3) is 0 Å². The number of hydrogen-bond acceptors (Lipinski definition) is 4. The van der Waals surface area contributed by atoms with Crippen LogP contribution in [0, 0.1) is 0 Å². The molecule has 4 nitrogen and oxygen atoms in total. The molecule has 0 aromatic heterocycles. The van der Waals surface area contributed by atoms with Gasteiger partial charge in [0.15, 0.2) is 0 Å². The second kappa shape index (κ2) is 7.43. The molecular formula is C14H27BO4. The lowest BCUT2D eigenvalue weighted by Gasteiger charge is -2.32. The molecule has 0 radical (unpaired) electrons. The fraction of sp³-hybridized carbons (Fsp3) is 0.857. The second-order valence-corrected chi connectivity index (χ2v) is 5.74. The van der Waals surface area contributed by atoms with Gasteiger partial charge in [-0.3, -0.25) is 0 Å². The third-order valence-corrected chi connectivity index (χ3v) is 3.50. The zero-order chi connectivity index (χ0) is 14.4. The molecule has 1 rings (SSSR count). The Kier molecular flexibility index (Phi) is 6.53. The van der Waals surface area contributed by atoms with Crippen molar-refractivity contribution in [3.63, 3.8) is 0 Å². The van der Waals surface area contributed by atoms with Crippen molar-refractivity contribution >= 4 is 7.12 Å². The second-order valence-electron chi connectivity index (χ2n) is 5.74. The lowest BCUT2D eigenvalue weighted by Crippen LogP contribution is -2.41. The minimum absolute atomic E-state index is 0.281. The van der Waals surface area contributed by atoms with E-state index in [1.807, 2.05) is 39.7 Å². The quantitative estimate of drug-likeness (QED) is 0.502. The summed E-state index contributed by atoms with van der Waals surface area (Å²) in [5, 5.41) is 0. The molecule has 1 aliphatic rings. The zero-order valence-corrected chi connectivity index (χ0v) is 12.9. The predicted octanol–water partition coefficient (Wildman–Crippen LogP) is 2.62. The van der Waals surface area contributed by atoms with Gasteiger partial charge in [0.1, 0.15) is 0 Å². The van der Waals surface area contributed by atoms with Gasteiger partial charge in [0.2, 0.25) is 0 Å². The van der Waals surface area contributed by atoms with Gasteiger partial charge < -0.3 is 18.8 Å². The van der Waals surface area contributed by atoms with Gasteiger partial charge in [-0.05, 0) is 34.1 Å². The lowest BCUT2D eigenvalue weighted by molar-refractivity contribution is 0.00578. The highest BCUT2D eigenvalue weighted by Crippen LogP contribution is 2.36. The molecule has 0 aromatic carbocycles. The van der Waals surface area contributed by atoms with Gasteiger partial charge >= 0.3 is 7.12 Å². The Bertz CT molecular complexity index is 273. The van der Waals surface area contributed by atoms with Crippen molar-refractivity contribution in [3.05, 3.63) is 12.1 Å². The summed E-state index contributed by atoms with van der Waals surface area (Å²) in [6.45, 7) is 12.9. The molecule has 0 aromatic rings. The Labute approximate surface area is 117 Å². The predicted molar refractivity (Wildman–Crippen MR) is 77.2 cm³/mol. The largest absolute Gasteiger partial charge is 0.486 e. The van der Waals surface area contributed by atoms with E-state index < -0.39 is 0 Å². The van der Waals surface area contributed by atoms with Gasteiger partial charge in [-0.1, -0.05) is 19.0 Å². The number of ether oxygens (including phenoxy) is 2. The van der Waals surface area contributed by atoms with E-state index in [1.165, 1.54) is 0 Å². The first kappa shape index (κ1) is 16.7.